The van der Waals surface area contributed by atoms with Crippen LogP contribution in [0.5, 0.6) is 0 Å². The minimum atomic E-state index is 0. The third kappa shape index (κ3) is 24.4. The molecule has 0 atom stereocenters. The van der Waals surface area contributed by atoms with Crippen LogP contribution >= 0.6 is 37.2 Å². The molecule has 10 heavy (non-hydrogen) atoms. The number of hydrogen-bond donors (Lipinski definition) is 0. The molecule has 0 saturated heterocycles. The second-order valence-corrected chi connectivity index (χ2v) is 1.12. The van der Waals surface area contributed by atoms with Gasteiger partial charge in [0.15, 0.2) is 0 Å². The monoisotopic (exact) mass is 204 g/mol. The van der Waals surface area contributed by atoms with E-state index in [1.807, 2.05) is 13.0 Å². The highest BCUT2D eigenvalue weighted by atomic mass is 35.5. The summed E-state index contributed by atoms with van der Waals surface area (Å²) in [4.78, 5) is 9.45. The Balaban J connectivity index is -0.0000000600. The molecule has 0 saturated carbocycles. The lowest BCUT2D eigenvalue weighted by Crippen LogP contribution is -1.50. The Kier molecular flexibility index (Phi) is 51.7. The first kappa shape index (κ1) is 22.5. The topological polar surface area (TPSA) is 17.1 Å². The fourth-order valence-corrected chi connectivity index (χ4v) is 0.243. The van der Waals surface area contributed by atoms with Crippen LogP contribution < -0.4 is 0 Å². The van der Waals surface area contributed by atoms with Crippen LogP contribution in [0.2, 0.25) is 0 Å². The van der Waals surface area contributed by atoms with Gasteiger partial charge >= 0.3 is 0 Å². The fourth-order valence-electron chi connectivity index (χ4n) is 0.243. The smallest absolute Gasteiger partial charge is 0.124 e. The Bertz CT molecular complexity index is 106. The molecule has 0 aliphatic rings. The summed E-state index contributed by atoms with van der Waals surface area (Å²) >= 11 is 0. The van der Waals surface area contributed by atoms with E-state index in [1.165, 1.54) is 6.08 Å². The van der Waals surface area contributed by atoms with Gasteiger partial charge in [0.05, 0.1) is 0 Å². The molecule has 0 bridgehead atoms. The largest absolute Gasteiger partial charge is 0.234 e. The lowest BCUT2D eigenvalue weighted by molar-refractivity contribution is 0.569. The summed E-state index contributed by atoms with van der Waals surface area (Å²) in [6.45, 7) is 2.01. The zero-order valence-corrected chi connectivity index (χ0v) is 8.02. The summed E-state index contributed by atoms with van der Waals surface area (Å²) in [5, 5.41) is 0. The van der Waals surface area contributed by atoms with Gasteiger partial charge in [-0.05, 0) is 6.42 Å². The highest BCUT2D eigenvalue weighted by Gasteiger charge is 1.58. The van der Waals surface area contributed by atoms with E-state index in [0.29, 0.717) is 0 Å². The predicted octanol–water partition coefficient (Wildman–Crippen LogP) is 2.61. The van der Waals surface area contributed by atoms with Crippen molar-refractivity contribution >= 4 is 43.2 Å². The standard InChI is InChI=1S/C6H8O.3ClH/c1-2-3-4-5-6-7;;;/h3-5H,2H2,1H3;3*1H. The van der Waals surface area contributed by atoms with E-state index in [1.54, 1.807) is 12.0 Å². The van der Waals surface area contributed by atoms with E-state index in [2.05, 4.69) is 0 Å². The number of carbonyl (C=O) groups excluding carboxylic acids is 1. The highest BCUT2D eigenvalue weighted by molar-refractivity contribution is 5.86. The molecule has 0 unspecified atom stereocenters. The zero-order chi connectivity index (χ0) is 5.54. The molecule has 0 heterocycles. The van der Waals surface area contributed by atoms with Crippen molar-refractivity contribution < 1.29 is 4.79 Å². The van der Waals surface area contributed by atoms with Crippen molar-refractivity contribution in [3.63, 3.8) is 0 Å². The van der Waals surface area contributed by atoms with Crippen LogP contribution in [0.4, 0.5) is 0 Å². The molecule has 0 aliphatic heterocycles. The quantitative estimate of drug-likeness (QED) is 0.500. The van der Waals surface area contributed by atoms with Crippen LogP contribution in [0.1, 0.15) is 13.3 Å². The van der Waals surface area contributed by atoms with Gasteiger partial charge in [0.1, 0.15) is 5.94 Å². The van der Waals surface area contributed by atoms with Crippen LogP contribution in [0.25, 0.3) is 0 Å². The molecular weight excluding hydrogens is 194 g/mol. The SMILES string of the molecule is CCC=CC=C=O.Cl.Cl.Cl. The fraction of sp³-hybridized carbons (Fsp3) is 0.333. The van der Waals surface area contributed by atoms with Crippen molar-refractivity contribution in [3.8, 4) is 0 Å². The number of allylic oxidation sites excluding steroid dienone is 3. The van der Waals surface area contributed by atoms with Gasteiger partial charge in [0, 0.05) is 6.08 Å². The Morgan fingerprint density at radius 1 is 1.30 bits per heavy atom. The third-order valence-electron chi connectivity index (χ3n) is 0.536. The maximum absolute atomic E-state index is 9.45. The average molecular weight is 206 g/mol. The van der Waals surface area contributed by atoms with E-state index in [9.17, 15) is 4.79 Å². The zero-order valence-electron chi connectivity index (χ0n) is 5.57. The molecular formula is C6H11Cl3O. The first-order valence-electron chi connectivity index (χ1n) is 2.27. The third-order valence-corrected chi connectivity index (χ3v) is 0.536. The van der Waals surface area contributed by atoms with Gasteiger partial charge in [-0.15, -0.1) is 37.2 Å². The number of rotatable bonds is 2. The van der Waals surface area contributed by atoms with Crippen LogP contribution in [0, 0.1) is 0 Å². The molecule has 0 aromatic carbocycles. The lowest BCUT2D eigenvalue weighted by Gasteiger charge is -1.66. The Hall–Kier alpha value is 0.0600. The Labute approximate surface area is 79.8 Å². The second kappa shape index (κ2) is 23.0. The van der Waals surface area contributed by atoms with Gasteiger partial charge in [0.2, 0.25) is 0 Å². The summed E-state index contributed by atoms with van der Waals surface area (Å²) in [7, 11) is 0. The summed E-state index contributed by atoms with van der Waals surface area (Å²) in [6.07, 6.45) is 5.90. The van der Waals surface area contributed by atoms with Crippen molar-refractivity contribution in [2.75, 3.05) is 0 Å². The average Bonchev–Trinajstić information content (AvgIpc) is 1.69. The van der Waals surface area contributed by atoms with Gasteiger partial charge in [-0.25, -0.2) is 4.79 Å². The molecule has 0 amide bonds. The molecule has 1 nitrogen and oxygen atoms in total. The van der Waals surface area contributed by atoms with Gasteiger partial charge in [-0.1, -0.05) is 19.1 Å². The maximum Gasteiger partial charge on any atom is 0.124 e. The number of halogens is 3. The van der Waals surface area contributed by atoms with Gasteiger partial charge < -0.3 is 0 Å². The minimum Gasteiger partial charge on any atom is -0.234 e. The van der Waals surface area contributed by atoms with Crippen molar-refractivity contribution in [2.24, 2.45) is 0 Å². The van der Waals surface area contributed by atoms with E-state index >= 15 is 0 Å². The normalized spacial score (nSPS) is 6.10. The molecule has 0 spiro atoms. The molecule has 62 valence electrons. The summed E-state index contributed by atoms with van der Waals surface area (Å²) in [6, 6.07) is 0. The van der Waals surface area contributed by atoms with Crippen LogP contribution in [0.15, 0.2) is 18.2 Å². The van der Waals surface area contributed by atoms with Gasteiger partial charge in [-0.3, -0.25) is 0 Å². The van der Waals surface area contributed by atoms with Gasteiger partial charge in [0.25, 0.3) is 0 Å². The van der Waals surface area contributed by atoms with Crippen molar-refractivity contribution in [2.45, 2.75) is 13.3 Å². The molecule has 0 aromatic rings. The number of hydrogen-bond acceptors (Lipinski definition) is 1. The Morgan fingerprint density at radius 3 is 2.10 bits per heavy atom. The molecule has 4 heteroatoms. The molecule has 0 rings (SSSR count). The summed E-state index contributed by atoms with van der Waals surface area (Å²) in [5.41, 5.74) is 0. The lowest BCUT2D eigenvalue weighted by atomic mass is 10.4. The van der Waals surface area contributed by atoms with Crippen molar-refractivity contribution in [1.82, 2.24) is 0 Å². The van der Waals surface area contributed by atoms with E-state index in [0.717, 1.165) is 6.42 Å². The molecule has 0 aliphatic carbocycles. The molecule has 0 fully saturated rings. The summed E-state index contributed by atoms with van der Waals surface area (Å²) in [5.74, 6) is 1.64. The molecule has 0 radical (unpaired) electrons. The second-order valence-electron chi connectivity index (χ2n) is 1.12. The minimum absolute atomic E-state index is 0. The van der Waals surface area contributed by atoms with Crippen LogP contribution in [-0.2, 0) is 4.79 Å². The van der Waals surface area contributed by atoms with E-state index < -0.39 is 0 Å². The first-order valence-corrected chi connectivity index (χ1v) is 2.27. The summed E-state index contributed by atoms with van der Waals surface area (Å²) < 4.78 is 0. The Morgan fingerprint density at radius 2 is 1.80 bits per heavy atom. The van der Waals surface area contributed by atoms with E-state index in [4.69, 9.17) is 0 Å². The first-order chi connectivity index (χ1) is 3.41. The molecule has 0 aromatic heterocycles. The van der Waals surface area contributed by atoms with Crippen LogP contribution in [0.3, 0.4) is 0 Å². The van der Waals surface area contributed by atoms with Crippen molar-refractivity contribution in [3.05, 3.63) is 18.2 Å². The van der Waals surface area contributed by atoms with Crippen molar-refractivity contribution in [1.29, 1.82) is 0 Å². The van der Waals surface area contributed by atoms with Gasteiger partial charge in [-0.2, -0.15) is 0 Å². The predicted molar refractivity (Wildman–Crippen MR) is 51.4 cm³/mol. The molecule has 0 N–H and O–H groups in total. The highest BCUT2D eigenvalue weighted by Crippen LogP contribution is 1.76. The van der Waals surface area contributed by atoms with E-state index in [-0.39, 0.29) is 37.2 Å². The van der Waals surface area contributed by atoms with Crippen LogP contribution in [-0.4, -0.2) is 5.94 Å². The maximum atomic E-state index is 9.45.